The third kappa shape index (κ3) is 22.5. The van der Waals surface area contributed by atoms with E-state index in [0.717, 1.165) is 4.90 Å². The van der Waals surface area contributed by atoms with Crippen molar-refractivity contribution in [2.24, 2.45) is 0 Å². The maximum Gasteiger partial charge on any atom is 0.407 e. The first-order valence-corrected chi connectivity index (χ1v) is 21.7. The summed E-state index contributed by atoms with van der Waals surface area (Å²) in [6.45, 7) is 11.5. The van der Waals surface area contributed by atoms with Crippen molar-refractivity contribution in [1.29, 1.82) is 0 Å². The molecule has 1 heterocycles. The second-order valence-corrected chi connectivity index (χ2v) is 13.8. The van der Waals surface area contributed by atoms with Crippen molar-refractivity contribution in [2.75, 3.05) is 178 Å². The first-order valence-electron chi connectivity index (χ1n) is 21.7. The molecule has 18 nitrogen and oxygen atoms in total. The van der Waals surface area contributed by atoms with Gasteiger partial charge in [-0.2, -0.15) is 0 Å². The van der Waals surface area contributed by atoms with E-state index < -0.39 is 6.09 Å². The number of imide groups is 1. The van der Waals surface area contributed by atoms with Crippen LogP contribution in [0.15, 0.2) is 60.7 Å². The average molecular weight is 891 g/mol. The number of fused-ring (bicyclic) bond motifs is 3. The number of hydrogen-bond donors (Lipinski definition) is 1. The second kappa shape index (κ2) is 34.5. The summed E-state index contributed by atoms with van der Waals surface area (Å²) < 4.78 is 71.3. The average Bonchev–Trinajstić information content (AvgIpc) is 3.80. The highest BCUT2D eigenvalue weighted by atomic mass is 16.6. The van der Waals surface area contributed by atoms with Gasteiger partial charge in [-0.25, -0.2) is 4.79 Å². The van der Waals surface area contributed by atoms with Crippen molar-refractivity contribution in [1.82, 2.24) is 10.2 Å². The quantitative estimate of drug-likeness (QED) is 0.0758. The third-order valence-electron chi connectivity index (χ3n) is 9.31. The molecule has 0 saturated carbocycles. The van der Waals surface area contributed by atoms with Crippen LogP contribution in [0, 0.1) is 0 Å². The molecule has 0 fully saturated rings. The molecule has 4 rings (SSSR count). The Morgan fingerprint density at radius 2 is 0.730 bits per heavy atom. The Bertz CT molecular complexity index is 1500. The molecule has 0 unspecified atom stereocenters. The Balaban J connectivity index is 0.756. The Labute approximate surface area is 370 Å². The predicted molar refractivity (Wildman–Crippen MR) is 229 cm³/mol. The van der Waals surface area contributed by atoms with E-state index in [1.54, 1.807) is 0 Å². The van der Waals surface area contributed by atoms with Gasteiger partial charge in [0, 0.05) is 24.6 Å². The Morgan fingerprint density at radius 3 is 1.08 bits per heavy atom. The number of nitrogens with zero attached hydrogens (tertiary/aromatic N) is 1. The van der Waals surface area contributed by atoms with E-state index in [2.05, 4.69) is 29.6 Å². The number of carbonyl (C=O) groups is 3. The smallest absolute Gasteiger partial charge is 0.407 e. The van der Waals surface area contributed by atoms with E-state index >= 15 is 0 Å². The van der Waals surface area contributed by atoms with Crippen molar-refractivity contribution in [2.45, 2.75) is 5.92 Å². The molecule has 3 amide bonds. The lowest BCUT2D eigenvalue weighted by Gasteiger charge is -2.14. The van der Waals surface area contributed by atoms with Crippen LogP contribution in [0.25, 0.3) is 11.1 Å². The zero-order valence-electron chi connectivity index (χ0n) is 36.4. The van der Waals surface area contributed by atoms with Crippen LogP contribution < -0.4 is 5.32 Å². The summed E-state index contributed by atoms with van der Waals surface area (Å²) in [7, 11) is 0. The van der Waals surface area contributed by atoms with Gasteiger partial charge < -0.3 is 66.9 Å². The fourth-order valence-corrected chi connectivity index (χ4v) is 6.20. The minimum absolute atomic E-state index is 0.0296. The number of nitrogens with one attached hydrogen (secondary N) is 1. The molecule has 2 aliphatic rings. The summed E-state index contributed by atoms with van der Waals surface area (Å²) >= 11 is 0. The van der Waals surface area contributed by atoms with Gasteiger partial charge in [0.25, 0.3) is 11.8 Å². The van der Waals surface area contributed by atoms with Crippen molar-refractivity contribution < 1.29 is 76.0 Å². The molecule has 0 spiro atoms. The number of alkyl carbamates (subject to hydrolysis) is 1. The van der Waals surface area contributed by atoms with Gasteiger partial charge in [-0.1, -0.05) is 48.5 Å². The van der Waals surface area contributed by atoms with Gasteiger partial charge in [-0.3, -0.25) is 14.5 Å². The van der Waals surface area contributed by atoms with Gasteiger partial charge in [0.2, 0.25) is 0 Å². The molecular formula is C45H66N2O16. The summed E-state index contributed by atoms with van der Waals surface area (Å²) in [5.41, 5.74) is 4.75. The molecule has 1 N–H and O–H groups in total. The molecule has 0 atom stereocenters. The number of carbonyl (C=O) groups excluding carboxylic acids is 3. The summed E-state index contributed by atoms with van der Waals surface area (Å²) in [4.78, 5) is 36.3. The summed E-state index contributed by atoms with van der Waals surface area (Å²) in [6.07, 6.45) is 2.05. The topological polar surface area (TPSA) is 186 Å². The van der Waals surface area contributed by atoms with E-state index in [4.69, 9.17) is 61.6 Å². The molecule has 0 saturated heterocycles. The van der Waals surface area contributed by atoms with Crippen molar-refractivity contribution in [3.05, 3.63) is 71.8 Å². The number of amides is 3. The Morgan fingerprint density at radius 1 is 0.429 bits per heavy atom. The molecule has 0 bridgehead atoms. The normalized spacial score (nSPS) is 13.3. The van der Waals surface area contributed by atoms with Crippen LogP contribution in [0.2, 0.25) is 0 Å². The van der Waals surface area contributed by atoms with Crippen LogP contribution in [0.4, 0.5) is 4.79 Å². The second-order valence-electron chi connectivity index (χ2n) is 13.8. The molecule has 0 aromatic heterocycles. The van der Waals surface area contributed by atoms with Crippen LogP contribution in [0.5, 0.6) is 0 Å². The number of rotatable bonds is 41. The van der Waals surface area contributed by atoms with E-state index in [0.29, 0.717) is 159 Å². The van der Waals surface area contributed by atoms with Crippen molar-refractivity contribution in [3.8, 4) is 11.1 Å². The lowest BCUT2D eigenvalue weighted by Crippen LogP contribution is -2.33. The number of hydrogen-bond acceptors (Lipinski definition) is 16. The predicted octanol–water partition coefficient (Wildman–Crippen LogP) is 2.65. The largest absolute Gasteiger partial charge is 0.449 e. The lowest BCUT2D eigenvalue weighted by atomic mass is 9.98. The van der Waals surface area contributed by atoms with Crippen LogP contribution in [0.3, 0.4) is 0 Å². The Kier molecular flexibility index (Phi) is 28.3. The minimum atomic E-state index is -0.459. The van der Waals surface area contributed by atoms with Crippen LogP contribution >= 0.6 is 0 Å². The zero-order chi connectivity index (χ0) is 44.3. The highest BCUT2D eigenvalue weighted by Gasteiger charge is 2.29. The fourth-order valence-electron chi connectivity index (χ4n) is 6.20. The van der Waals surface area contributed by atoms with Crippen LogP contribution in [-0.4, -0.2) is 201 Å². The molecule has 63 heavy (non-hydrogen) atoms. The SMILES string of the molecule is O=C(NCCOCCOCCOCCOCCOCCOCCOCCOCCOCCOCCOCCOCCN1C(=O)C=CC1=O)OCC1c2ccccc2-c2ccccc21. The fraction of sp³-hybridized carbons (Fsp3) is 0.622. The zero-order valence-corrected chi connectivity index (χ0v) is 36.4. The molecule has 0 radical (unpaired) electrons. The monoisotopic (exact) mass is 890 g/mol. The molecule has 1 aliphatic carbocycles. The number of benzene rings is 2. The minimum Gasteiger partial charge on any atom is -0.449 e. The van der Waals surface area contributed by atoms with Crippen LogP contribution in [0.1, 0.15) is 17.0 Å². The number of ether oxygens (including phenoxy) is 13. The third-order valence-corrected chi connectivity index (χ3v) is 9.31. The maximum atomic E-state index is 12.3. The maximum absolute atomic E-state index is 12.3. The molecule has 18 heteroatoms. The van der Waals surface area contributed by atoms with Gasteiger partial charge in [0.1, 0.15) is 6.61 Å². The molecule has 1 aliphatic heterocycles. The highest BCUT2D eigenvalue weighted by molar-refractivity contribution is 6.12. The molecule has 352 valence electrons. The van der Waals surface area contributed by atoms with E-state index in [1.807, 2.05) is 24.3 Å². The molecular weight excluding hydrogens is 824 g/mol. The summed E-state index contributed by atoms with van der Waals surface area (Å²) in [5, 5.41) is 2.74. The van der Waals surface area contributed by atoms with Gasteiger partial charge in [-0.05, 0) is 22.3 Å². The van der Waals surface area contributed by atoms with Gasteiger partial charge in [0.05, 0.1) is 165 Å². The first-order chi connectivity index (χ1) is 31.1. The van der Waals surface area contributed by atoms with Crippen LogP contribution in [-0.2, 0) is 71.2 Å². The van der Waals surface area contributed by atoms with Gasteiger partial charge in [-0.15, -0.1) is 0 Å². The standard InChI is InChI=1S/C45H66N2O16/c48-43-9-10-44(49)47(43)12-14-52-16-18-54-20-22-56-24-26-58-28-30-60-32-34-62-36-35-61-33-31-59-29-27-57-25-23-55-21-19-53-17-15-51-13-11-46-45(50)63-37-42-40-7-3-1-5-38(40)39-6-2-4-8-41(39)42/h1-10,42H,11-37H2,(H,46,50). The highest BCUT2D eigenvalue weighted by Crippen LogP contribution is 2.44. The van der Waals surface area contributed by atoms with Crippen molar-refractivity contribution in [3.63, 3.8) is 0 Å². The summed E-state index contributed by atoms with van der Waals surface area (Å²) in [6, 6.07) is 16.5. The van der Waals surface area contributed by atoms with Gasteiger partial charge in [0.15, 0.2) is 0 Å². The first kappa shape index (κ1) is 51.7. The van der Waals surface area contributed by atoms with E-state index in [-0.39, 0.29) is 37.5 Å². The van der Waals surface area contributed by atoms with E-state index in [1.165, 1.54) is 34.4 Å². The molecule has 2 aromatic rings. The van der Waals surface area contributed by atoms with E-state index in [9.17, 15) is 14.4 Å². The molecule has 2 aromatic carbocycles. The lowest BCUT2D eigenvalue weighted by molar-refractivity contribution is -0.137. The Hall–Kier alpha value is -3.89. The van der Waals surface area contributed by atoms with Crippen molar-refractivity contribution >= 4 is 17.9 Å². The van der Waals surface area contributed by atoms with Gasteiger partial charge >= 0.3 is 6.09 Å². The summed E-state index contributed by atoms with van der Waals surface area (Å²) in [5.74, 6) is -0.593.